The van der Waals surface area contributed by atoms with Crippen molar-refractivity contribution >= 4 is 24.4 Å². The first-order chi connectivity index (χ1) is 6.83. The second-order valence-electron chi connectivity index (χ2n) is 3.47. The van der Waals surface area contributed by atoms with Gasteiger partial charge in [-0.1, -0.05) is 19.9 Å². The van der Waals surface area contributed by atoms with Crippen LogP contribution in [0.5, 0.6) is 0 Å². The molecule has 0 radical (unpaired) electrons. The molecule has 0 amide bonds. The highest BCUT2D eigenvalue weighted by Crippen LogP contribution is 2.41. The molecule has 1 aromatic heterocycles. The molecule has 2 heteroatoms. The van der Waals surface area contributed by atoms with Gasteiger partial charge < -0.3 is 4.42 Å². The predicted molar refractivity (Wildman–Crippen MR) is 60.7 cm³/mol. The van der Waals surface area contributed by atoms with E-state index in [1.807, 2.05) is 26.0 Å². The molecule has 2 unspecified atom stereocenters. The van der Waals surface area contributed by atoms with Gasteiger partial charge in [0.2, 0.25) is 0 Å². The minimum atomic E-state index is 0.581. The highest BCUT2D eigenvalue weighted by Gasteiger charge is 2.34. The van der Waals surface area contributed by atoms with E-state index in [1.165, 1.54) is 11.6 Å². The molecule has 1 nitrogen and oxygen atoms in total. The van der Waals surface area contributed by atoms with Crippen LogP contribution in [0, 0.1) is 16.5 Å². The molecule has 0 saturated heterocycles. The Hall–Kier alpha value is -0.890. The fourth-order valence-corrected chi connectivity index (χ4v) is 1.91. The fourth-order valence-electron chi connectivity index (χ4n) is 1.75. The second-order valence-corrected chi connectivity index (χ2v) is 3.87. The van der Waals surface area contributed by atoms with Gasteiger partial charge >= 0.3 is 0 Å². The van der Waals surface area contributed by atoms with Crippen molar-refractivity contribution in [3.05, 3.63) is 27.5 Å². The van der Waals surface area contributed by atoms with Gasteiger partial charge in [0.05, 0.1) is 0 Å². The molecule has 0 aromatic carbocycles. The topological polar surface area (TPSA) is 13.1 Å². The molecular weight excluding hydrogens is 192 g/mol. The van der Waals surface area contributed by atoms with Crippen molar-refractivity contribution in [2.75, 3.05) is 0 Å². The van der Waals surface area contributed by atoms with Gasteiger partial charge in [-0.05, 0) is 48.7 Å². The van der Waals surface area contributed by atoms with Crippen LogP contribution in [0.1, 0.15) is 20.3 Å². The molecule has 2 aliphatic rings. The van der Waals surface area contributed by atoms with E-state index in [2.05, 4.69) is 12.2 Å². The second kappa shape index (κ2) is 3.70. The maximum atomic E-state index is 5.42. The Kier molecular flexibility index (Phi) is 2.55. The van der Waals surface area contributed by atoms with E-state index in [1.54, 1.807) is 0 Å². The molecule has 1 heterocycles. The van der Waals surface area contributed by atoms with Gasteiger partial charge in [0.15, 0.2) is 4.71 Å². The Morgan fingerprint density at radius 2 is 1.93 bits per heavy atom. The Morgan fingerprint density at radius 1 is 1.21 bits per heavy atom. The fraction of sp³-hybridized carbons (Fsp3) is 0.417. The van der Waals surface area contributed by atoms with Gasteiger partial charge in [0, 0.05) is 5.22 Å². The number of rotatable bonds is 0. The van der Waals surface area contributed by atoms with E-state index in [0.717, 1.165) is 17.3 Å². The third-order valence-electron chi connectivity index (χ3n) is 2.54. The van der Waals surface area contributed by atoms with E-state index >= 15 is 0 Å². The number of fused-ring (bicyclic) bond motifs is 2. The first-order valence-electron chi connectivity index (χ1n) is 5.17. The SMILES string of the molecule is CC.S=c1ccc2c(o1)=CC1CC1C=2. The van der Waals surface area contributed by atoms with Crippen LogP contribution in [0.4, 0.5) is 0 Å². The third-order valence-corrected chi connectivity index (χ3v) is 2.76. The van der Waals surface area contributed by atoms with Crippen molar-refractivity contribution in [2.45, 2.75) is 20.3 Å². The van der Waals surface area contributed by atoms with Crippen LogP contribution in [0.3, 0.4) is 0 Å². The zero-order chi connectivity index (χ0) is 10.1. The van der Waals surface area contributed by atoms with E-state index in [-0.39, 0.29) is 0 Å². The summed E-state index contributed by atoms with van der Waals surface area (Å²) < 4.78 is 6.01. The van der Waals surface area contributed by atoms with Crippen LogP contribution >= 0.6 is 12.2 Å². The molecule has 74 valence electrons. The highest BCUT2D eigenvalue weighted by atomic mass is 32.1. The zero-order valence-corrected chi connectivity index (χ0v) is 9.30. The Balaban J connectivity index is 0.000000354. The molecule has 2 aliphatic carbocycles. The third kappa shape index (κ3) is 1.67. The minimum absolute atomic E-state index is 0.581. The van der Waals surface area contributed by atoms with Crippen molar-refractivity contribution < 1.29 is 4.42 Å². The molecule has 0 spiro atoms. The predicted octanol–water partition coefficient (Wildman–Crippen LogP) is 2.25. The molecule has 1 saturated carbocycles. The van der Waals surface area contributed by atoms with Crippen LogP contribution in [0.25, 0.3) is 12.2 Å². The summed E-state index contributed by atoms with van der Waals surface area (Å²) in [5.74, 6) is 1.52. The Labute approximate surface area is 88.8 Å². The maximum absolute atomic E-state index is 5.42. The molecule has 14 heavy (non-hydrogen) atoms. The summed E-state index contributed by atoms with van der Waals surface area (Å²) in [6.45, 7) is 4.00. The molecule has 2 atom stereocenters. The van der Waals surface area contributed by atoms with E-state index in [9.17, 15) is 0 Å². The molecule has 1 fully saturated rings. The summed E-state index contributed by atoms with van der Waals surface area (Å²) in [6, 6.07) is 3.90. The van der Waals surface area contributed by atoms with E-state index < -0.39 is 0 Å². The van der Waals surface area contributed by atoms with Crippen LogP contribution in [-0.4, -0.2) is 0 Å². The molecule has 1 aromatic rings. The average Bonchev–Trinajstić information content (AvgIpc) is 2.95. The summed E-state index contributed by atoms with van der Waals surface area (Å²) in [6.07, 6.45) is 5.78. The summed E-state index contributed by atoms with van der Waals surface area (Å²) in [5.41, 5.74) is 0.973. The van der Waals surface area contributed by atoms with Crippen molar-refractivity contribution in [3.8, 4) is 0 Å². The normalized spacial score (nSPS) is 25.6. The number of hydrogen-bond acceptors (Lipinski definition) is 2. The summed E-state index contributed by atoms with van der Waals surface area (Å²) in [5, 5.41) is 1.21. The maximum Gasteiger partial charge on any atom is 0.190 e. The van der Waals surface area contributed by atoms with Gasteiger partial charge in [0.1, 0.15) is 5.42 Å². The molecular formula is C12H14OS. The summed E-state index contributed by atoms with van der Waals surface area (Å²) in [7, 11) is 0. The Bertz CT molecular complexity index is 498. The minimum Gasteiger partial charge on any atom is -0.446 e. The Morgan fingerprint density at radius 3 is 2.71 bits per heavy atom. The van der Waals surface area contributed by atoms with Crippen molar-refractivity contribution in [3.63, 3.8) is 0 Å². The molecule has 0 N–H and O–H groups in total. The van der Waals surface area contributed by atoms with E-state index in [0.29, 0.717) is 4.71 Å². The van der Waals surface area contributed by atoms with Crippen LogP contribution in [0.15, 0.2) is 16.5 Å². The molecule has 0 bridgehead atoms. The average molecular weight is 206 g/mol. The van der Waals surface area contributed by atoms with E-state index in [4.69, 9.17) is 16.6 Å². The zero-order valence-electron chi connectivity index (χ0n) is 8.49. The molecule has 0 aliphatic heterocycles. The van der Waals surface area contributed by atoms with Crippen molar-refractivity contribution in [2.24, 2.45) is 11.8 Å². The van der Waals surface area contributed by atoms with Crippen LogP contribution in [0.2, 0.25) is 0 Å². The van der Waals surface area contributed by atoms with Gasteiger partial charge in [-0.2, -0.15) is 0 Å². The lowest BCUT2D eigenvalue weighted by atomic mass is 10.2. The molecule has 3 rings (SSSR count). The lowest BCUT2D eigenvalue weighted by molar-refractivity contribution is 0.491. The summed E-state index contributed by atoms with van der Waals surface area (Å²) in [4.78, 5) is 0. The van der Waals surface area contributed by atoms with Gasteiger partial charge in [-0.3, -0.25) is 0 Å². The monoisotopic (exact) mass is 206 g/mol. The summed E-state index contributed by atoms with van der Waals surface area (Å²) >= 11 is 4.95. The van der Waals surface area contributed by atoms with Crippen LogP contribution in [-0.2, 0) is 0 Å². The largest absolute Gasteiger partial charge is 0.446 e. The van der Waals surface area contributed by atoms with Crippen molar-refractivity contribution in [1.29, 1.82) is 0 Å². The standard InChI is InChI=1S/C10H8OS.C2H6/c12-10-2-1-6-3-7-4-8(7)5-9(6)11-10;1-2/h1-3,5,7-8H,4H2;1-2H3. The first kappa shape index (κ1) is 9.66. The quantitative estimate of drug-likeness (QED) is 0.604. The lowest BCUT2D eigenvalue weighted by Gasteiger charge is -1.96. The smallest absolute Gasteiger partial charge is 0.190 e. The van der Waals surface area contributed by atoms with Crippen molar-refractivity contribution in [1.82, 2.24) is 0 Å². The first-order valence-corrected chi connectivity index (χ1v) is 5.58. The lowest BCUT2D eigenvalue weighted by Crippen LogP contribution is -2.26. The van der Waals surface area contributed by atoms with Gasteiger partial charge in [0.25, 0.3) is 0 Å². The highest BCUT2D eigenvalue weighted by molar-refractivity contribution is 7.71. The number of hydrogen-bond donors (Lipinski definition) is 0. The van der Waals surface area contributed by atoms with Gasteiger partial charge in [-0.15, -0.1) is 0 Å². The van der Waals surface area contributed by atoms with Gasteiger partial charge in [-0.25, -0.2) is 0 Å². The van der Waals surface area contributed by atoms with Crippen LogP contribution < -0.4 is 10.6 Å².